The quantitative estimate of drug-likeness (QED) is 0.703. The summed E-state index contributed by atoms with van der Waals surface area (Å²) >= 11 is 0. The fraction of sp³-hybridized carbons (Fsp3) is 0.267. The van der Waals surface area contributed by atoms with Gasteiger partial charge in [-0.15, -0.1) is 0 Å². The van der Waals surface area contributed by atoms with Gasteiger partial charge in [0.25, 0.3) is 5.91 Å². The Balaban J connectivity index is 1.93. The molecule has 0 aliphatic heterocycles. The molecule has 0 saturated carbocycles. The van der Waals surface area contributed by atoms with Crippen LogP contribution < -0.4 is 10.0 Å². The van der Waals surface area contributed by atoms with Crippen LogP contribution in [0.5, 0.6) is 0 Å². The van der Waals surface area contributed by atoms with Crippen molar-refractivity contribution in [1.29, 1.82) is 0 Å². The van der Waals surface area contributed by atoms with Crippen LogP contribution in [0.4, 0.5) is 0 Å². The molecule has 0 spiro atoms. The maximum atomic E-state index is 12.0. The van der Waals surface area contributed by atoms with Crippen LogP contribution >= 0.6 is 0 Å². The molecule has 0 aliphatic rings. The maximum Gasteiger partial charge on any atom is 0.287 e. The van der Waals surface area contributed by atoms with Crippen LogP contribution in [0.3, 0.4) is 0 Å². The van der Waals surface area contributed by atoms with Gasteiger partial charge in [0.2, 0.25) is 10.0 Å². The first-order chi connectivity index (χ1) is 11.0. The van der Waals surface area contributed by atoms with Crippen LogP contribution in [0.15, 0.2) is 52.0 Å². The van der Waals surface area contributed by atoms with Crippen LogP contribution in [-0.4, -0.2) is 34.6 Å². The van der Waals surface area contributed by atoms with Crippen molar-refractivity contribution in [3.63, 3.8) is 0 Å². The molecule has 124 valence electrons. The number of hydrogen-bond acceptors (Lipinski definition) is 5. The Bertz CT molecular complexity index is 724. The van der Waals surface area contributed by atoms with E-state index in [0.29, 0.717) is 6.61 Å². The highest BCUT2D eigenvalue weighted by atomic mass is 32.2. The molecule has 8 heteroatoms. The number of carbonyl (C=O) groups excluding carboxylic acids is 1. The lowest BCUT2D eigenvalue weighted by Crippen LogP contribution is -2.27. The van der Waals surface area contributed by atoms with Crippen molar-refractivity contribution < 1.29 is 22.4 Å². The fourth-order valence-electron chi connectivity index (χ4n) is 1.83. The minimum atomic E-state index is -3.55. The second kappa shape index (κ2) is 7.91. The molecular weight excluding hydrogens is 320 g/mol. The Morgan fingerprint density at radius 1 is 1.22 bits per heavy atom. The number of furan rings is 1. The standard InChI is InChI=1S/C15H18N2O5S/c1-21-10-8-17-23(19,20)13-6-4-12(5-7-13)11-16-15(18)14-3-2-9-22-14/h2-7,9,17H,8,10-11H2,1H3,(H,16,18). The van der Waals surface area contributed by atoms with Gasteiger partial charge in [-0.1, -0.05) is 12.1 Å². The van der Waals surface area contributed by atoms with E-state index in [-0.39, 0.29) is 29.7 Å². The van der Waals surface area contributed by atoms with E-state index in [1.807, 2.05) is 0 Å². The fourth-order valence-corrected chi connectivity index (χ4v) is 2.84. The third-order valence-electron chi connectivity index (χ3n) is 3.03. The smallest absolute Gasteiger partial charge is 0.287 e. The number of nitrogens with one attached hydrogen (secondary N) is 2. The van der Waals surface area contributed by atoms with Gasteiger partial charge in [-0.05, 0) is 29.8 Å². The normalized spacial score (nSPS) is 11.3. The van der Waals surface area contributed by atoms with Gasteiger partial charge >= 0.3 is 0 Å². The van der Waals surface area contributed by atoms with Gasteiger partial charge in [0, 0.05) is 20.2 Å². The number of methoxy groups -OCH3 is 1. The topological polar surface area (TPSA) is 97.6 Å². The summed E-state index contributed by atoms with van der Waals surface area (Å²) in [5.41, 5.74) is 0.778. The van der Waals surface area contributed by atoms with Crippen LogP contribution in [0.25, 0.3) is 0 Å². The third-order valence-corrected chi connectivity index (χ3v) is 4.51. The third kappa shape index (κ3) is 4.92. The summed E-state index contributed by atoms with van der Waals surface area (Å²) < 4.78 is 36.2. The van der Waals surface area contributed by atoms with E-state index >= 15 is 0 Å². The van der Waals surface area contributed by atoms with E-state index in [0.717, 1.165) is 5.56 Å². The molecular formula is C15H18N2O5S. The predicted molar refractivity (Wildman–Crippen MR) is 83.4 cm³/mol. The first kappa shape index (κ1) is 17.2. The molecule has 1 amide bonds. The zero-order chi connectivity index (χ0) is 16.7. The van der Waals surface area contributed by atoms with Crippen molar-refractivity contribution in [3.05, 3.63) is 54.0 Å². The predicted octanol–water partition coefficient (Wildman–Crippen LogP) is 1.13. The Hall–Kier alpha value is -2.16. The van der Waals surface area contributed by atoms with E-state index < -0.39 is 10.0 Å². The number of ether oxygens (including phenoxy) is 1. The SMILES string of the molecule is COCCNS(=O)(=O)c1ccc(CNC(=O)c2ccco2)cc1. The van der Waals surface area contributed by atoms with Crippen molar-refractivity contribution in [2.45, 2.75) is 11.4 Å². The lowest BCUT2D eigenvalue weighted by Gasteiger charge is -2.08. The van der Waals surface area contributed by atoms with Gasteiger partial charge in [0.15, 0.2) is 5.76 Å². The molecule has 0 unspecified atom stereocenters. The monoisotopic (exact) mass is 338 g/mol. The summed E-state index contributed by atoms with van der Waals surface area (Å²) in [6.07, 6.45) is 1.42. The molecule has 23 heavy (non-hydrogen) atoms. The molecule has 2 aromatic rings. The van der Waals surface area contributed by atoms with E-state index in [9.17, 15) is 13.2 Å². The Morgan fingerprint density at radius 2 is 1.96 bits per heavy atom. The molecule has 1 aromatic carbocycles. The molecule has 1 heterocycles. The number of benzene rings is 1. The molecule has 0 radical (unpaired) electrons. The summed E-state index contributed by atoms with van der Waals surface area (Å²) in [4.78, 5) is 11.9. The number of amides is 1. The first-order valence-corrected chi connectivity index (χ1v) is 8.40. The largest absolute Gasteiger partial charge is 0.459 e. The van der Waals surface area contributed by atoms with E-state index in [2.05, 4.69) is 10.0 Å². The molecule has 0 bridgehead atoms. The van der Waals surface area contributed by atoms with Crippen LogP contribution in [0.1, 0.15) is 16.1 Å². The summed E-state index contributed by atoms with van der Waals surface area (Å²) in [6, 6.07) is 9.47. The molecule has 0 fully saturated rings. The van der Waals surface area contributed by atoms with Gasteiger partial charge in [-0.25, -0.2) is 13.1 Å². The Labute approximate surface area is 134 Å². The van der Waals surface area contributed by atoms with E-state index in [4.69, 9.17) is 9.15 Å². The first-order valence-electron chi connectivity index (χ1n) is 6.92. The molecule has 0 atom stereocenters. The molecule has 2 rings (SSSR count). The number of sulfonamides is 1. The minimum Gasteiger partial charge on any atom is -0.459 e. The van der Waals surface area contributed by atoms with Gasteiger partial charge in [0.1, 0.15) is 0 Å². The highest BCUT2D eigenvalue weighted by Gasteiger charge is 2.13. The van der Waals surface area contributed by atoms with E-state index in [1.165, 1.54) is 25.5 Å². The van der Waals surface area contributed by atoms with Gasteiger partial charge in [-0.3, -0.25) is 4.79 Å². The lowest BCUT2D eigenvalue weighted by atomic mass is 10.2. The Morgan fingerprint density at radius 3 is 2.57 bits per heavy atom. The minimum absolute atomic E-state index is 0.162. The molecule has 1 aromatic heterocycles. The highest BCUT2D eigenvalue weighted by Crippen LogP contribution is 2.10. The maximum absolute atomic E-state index is 12.0. The summed E-state index contributed by atoms with van der Waals surface area (Å²) in [7, 11) is -2.05. The van der Waals surface area contributed by atoms with Crippen molar-refractivity contribution in [2.24, 2.45) is 0 Å². The summed E-state index contributed by atoms with van der Waals surface area (Å²) in [6.45, 7) is 0.785. The van der Waals surface area contributed by atoms with Crippen molar-refractivity contribution in [2.75, 3.05) is 20.3 Å². The number of rotatable bonds is 8. The Kier molecular flexibility index (Phi) is 5.91. The van der Waals surface area contributed by atoms with Crippen LogP contribution in [-0.2, 0) is 21.3 Å². The van der Waals surface area contributed by atoms with Gasteiger partial charge < -0.3 is 14.5 Å². The van der Waals surface area contributed by atoms with Crippen molar-refractivity contribution >= 4 is 15.9 Å². The second-order valence-electron chi connectivity index (χ2n) is 4.69. The van der Waals surface area contributed by atoms with Gasteiger partial charge in [-0.2, -0.15) is 0 Å². The van der Waals surface area contributed by atoms with Gasteiger partial charge in [0.05, 0.1) is 17.8 Å². The average molecular weight is 338 g/mol. The van der Waals surface area contributed by atoms with Crippen molar-refractivity contribution in [1.82, 2.24) is 10.0 Å². The molecule has 0 aliphatic carbocycles. The second-order valence-corrected chi connectivity index (χ2v) is 6.46. The molecule has 0 saturated heterocycles. The number of hydrogen-bond donors (Lipinski definition) is 2. The van der Waals surface area contributed by atoms with Crippen LogP contribution in [0.2, 0.25) is 0 Å². The number of carbonyl (C=O) groups is 1. The highest BCUT2D eigenvalue weighted by molar-refractivity contribution is 7.89. The molecule has 7 nitrogen and oxygen atoms in total. The zero-order valence-electron chi connectivity index (χ0n) is 12.6. The van der Waals surface area contributed by atoms with Crippen molar-refractivity contribution in [3.8, 4) is 0 Å². The summed E-state index contributed by atoms with van der Waals surface area (Å²) in [5.74, 6) is -0.0977. The average Bonchev–Trinajstić information content (AvgIpc) is 3.08. The van der Waals surface area contributed by atoms with Crippen LogP contribution in [0, 0.1) is 0 Å². The summed E-state index contributed by atoms with van der Waals surface area (Å²) in [5, 5.41) is 2.69. The van der Waals surface area contributed by atoms with E-state index in [1.54, 1.807) is 24.3 Å². The molecule has 2 N–H and O–H groups in total. The zero-order valence-corrected chi connectivity index (χ0v) is 13.4. The lowest BCUT2D eigenvalue weighted by molar-refractivity contribution is 0.0923.